The van der Waals surface area contributed by atoms with Crippen LogP contribution >= 0.6 is 0 Å². The highest BCUT2D eigenvalue weighted by Crippen LogP contribution is 2.64. The van der Waals surface area contributed by atoms with Gasteiger partial charge in [0.05, 0.1) is 40.7 Å². The Morgan fingerprint density at radius 3 is 2.44 bits per heavy atom. The molecule has 2 bridgehead atoms. The van der Waals surface area contributed by atoms with Crippen LogP contribution in [-0.2, 0) is 22.1 Å². The molecule has 2 aromatic rings. The van der Waals surface area contributed by atoms with Crippen molar-refractivity contribution in [2.24, 2.45) is 0 Å². The Balaban J connectivity index is 1.98. The maximum Gasteiger partial charge on any atom is 0.407 e. The summed E-state index contributed by atoms with van der Waals surface area (Å²) in [6, 6.07) is 2.89. The van der Waals surface area contributed by atoms with Gasteiger partial charge in [0.15, 0.2) is 5.69 Å². The first-order chi connectivity index (χ1) is 12.4. The standard InChI is InChI=1S/C18H15F3N2O4/c1-16-7-11(24)17(2,27-16)13-12(16)14(25)23(15(13)26)8-4-5-10(22-3)9(6-8)18(19,20)21/h4-6,11,24-26H,7H2,1-2H3/t11-,16?,17?/m0/s1. The summed E-state index contributed by atoms with van der Waals surface area (Å²) in [6.45, 7) is 10.1. The van der Waals surface area contributed by atoms with Gasteiger partial charge in [0, 0.05) is 6.42 Å². The van der Waals surface area contributed by atoms with E-state index in [1.807, 2.05) is 0 Å². The Morgan fingerprint density at radius 1 is 1.22 bits per heavy atom. The quantitative estimate of drug-likeness (QED) is 0.660. The maximum atomic E-state index is 13.3. The van der Waals surface area contributed by atoms with Crippen LogP contribution < -0.4 is 0 Å². The number of nitrogens with zero attached hydrogens (tertiary/aromatic N) is 2. The van der Waals surface area contributed by atoms with Gasteiger partial charge in [-0.05, 0) is 26.0 Å². The van der Waals surface area contributed by atoms with Gasteiger partial charge >= 0.3 is 6.18 Å². The van der Waals surface area contributed by atoms with Crippen molar-refractivity contribution in [3.05, 3.63) is 46.3 Å². The van der Waals surface area contributed by atoms with Crippen LogP contribution in [0, 0.1) is 6.57 Å². The van der Waals surface area contributed by atoms with Crippen molar-refractivity contribution in [3.63, 3.8) is 0 Å². The number of fused-ring (bicyclic) bond motifs is 5. The van der Waals surface area contributed by atoms with Gasteiger partial charge in [-0.15, -0.1) is 0 Å². The second kappa shape index (κ2) is 4.97. The minimum Gasteiger partial charge on any atom is -0.494 e. The molecular weight excluding hydrogens is 365 g/mol. The molecule has 3 heterocycles. The van der Waals surface area contributed by atoms with Crippen LogP contribution in [0.2, 0.25) is 0 Å². The van der Waals surface area contributed by atoms with Gasteiger partial charge in [0.1, 0.15) is 5.60 Å². The number of aromatic hydroxyl groups is 2. The van der Waals surface area contributed by atoms with Gasteiger partial charge in [-0.1, -0.05) is 6.07 Å². The summed E-state index contributed by atoms with van der Waals surface area (Å²) in [4.78, 5) is 2.88. The lowest BCUT2D eigenvalue weighted by molar-refractivity contribution is -0.136. The van der Waals surface area contributed by atoms with E-state index in [0.717, 1.165) is 10.6 Å². The third-order valence-electron chi connectivity index (χ3n) is 5.47. The second-order valence-corrected chi connectivity index (χ2v) is 7.20. The third kappa shape index (κ3) is 2.08. The average Bonchev–Trinajstić information content (AvgIpc) is 3.07. The number of hydrogen-bond donors (Lipinski definition) is 3. The van der Waals surface area contributed by atoms with Gasteiger partial charge < -0.3 is 20.1 Å². The molecule has 6 nitrogen and oxygen atoms in total. The Morgan fingerprint density at radius 2 is 1.85 bits per heavy atom. The first-order valence-electron chi connectivity index (χ1n) is 8.09. The molecule has 0 spiro atoms. The first-order valence-corrected chi connectivity index (χ1v) is 8.09. The molecule has 1 fully saturated rings. The van der Waals surface area contributed by atoms with Gasteiger partial charge in [-0.25, -0.2) is 4.85 Å². The number of benzene rings is 1. The Kier molecular flexibility index (Phi) is 3.26. The highest BCUT2D eigenvalue weighted by Gasteiger charge is 2.64. The molecule has 0 saturated carbocycles. The lowest BCUT2D eigenvalue weighted by Crippen LogP contribution is -2.32. The van der Waals surface area contributed by atoms with Crippen LogP contribution in [0.3, 0.4) is 0 Å². The molecule has 0 radical (unpaired) electrons. The fourth-order valence-electron chi connectivity index (χ4n) is 4.26. The largest absolute Gasteiger partial charge is 0.494 e. The molecule has 2 aliphatic rings. The molecule has 9 heteroatoms. The molecule has 1 aromatic carbocycles. The molecule has 2 unspecified atom stereocenters. The lowest BCUT2D eigenvalue weighted by atomic mass is 9.78. The smallest absolute Gasteiger partial charge is 0.407 e. The van der Waals surface area contributed by atoms with Crippen molar-refractivity contribution < 1.29 is 33.2 Å². The number of aromatic nitrogens is 1. The average molecular weight is 380 g/mol. The van der Waals surface area contributed by atoms with Crippen molar-refractivity contribution in [3.8, 4) is 17.4 Å². The van der Waals surface area contributed by atoms with E-state index < -0.39 is 46.5 Å². The summed E-state index contributed by atoms with van der Waals surface area (Å²) >= 11 is 0. The number of hydrogen-bond acceptors (Lipinski definition) is 4. The molecular formula is C18H15F3N2O4. The van der Waals surface area contributed by atoms with Crippen LogP contribution in [0.5, 0.6) is 11.8 Å². The van der Waals surface area contributed by atoms with E-state index in [4.69, 9.17) is 11.3 Å². The monoisotopic (exact) mass is 380 g/mol. The van der Waals surface area contributed by atoms with E-state index in [1.54, 1.807) is 13.8 Å². The number of alkyl halides is 3. The van der Waals surface area contributed by atoms with Gasteiger partial charge in [0.25, 0.3) is 0 Å². The van der Waals surface area contributed by atoms with Crippen molar-refractivity contribution in [1.29, 1.82) is 0 Å². The van der Waals surface area contributed by atoms with E-state index >= 15 is 0 Å². The van der Waals surface area contributed by atoms with Crippen LogP contribution in [0.4, 0.5) is 18.9 Å². The predicted molar refractivity (Wildman–Crippen MR) is 86.8 cm³/mol. The zero-order valence-corrected chi connectivity index (χ0v) is 14.3. The third-order valence-corrected chi connectivity index (χ3v) is 5.47. The summed E-state index contributed by atoms with van der Waals surface area (Å²) in [5, 5.41) is 31.7. The van der Waals surface area contributed by atoms with Gasteiger partial charge in [-0.2, -0.15) is 13.2 Å². The lowest BCUT2D eigenvalue weighted by Gasteiger charge is -2.25. The highest BCUT2D eigenvalue weighted by atomic mass is 19.4. The zero-order valence-electron chi connectivity index (χ0n) is 14.3. The van der Waals surface area contributed by atoms with Crippen molar-refractivity contribution in [2.45, 2.75) is 43.8 Å². The molecule has 4 rings (SSSR count). The molecule has 142 valence electrons. The predicted octanol–water partition coefficient (Wildman–Crippen LogP) is 3.68. The van der Waals surface area contributed by atoms with Crippen molar-refractivity contribution in [2.75, 3.05) is 0 Å². The summed E-state index contributed by atoms with van der Waals surface area (Å²) in [5.41, 5.74) is -3.85. The first kappa shape index (κ1) is 17.7. The molecule has 2 aliphatic heterocycles. The molecule has 3 atom stereocenters. The minimum absolute atomic E-state index is 0.153. The summed E-state index contributed by atoms with van der Waals surface area (Å²) in [6.07, 6.45) is -5.53. The Bertz CT molecular complexity index is 1020. The van der Waals surface area contributed by atoms with Crippen LogP contribution in [-0.4, -0.2) is 26.0 Å². The fourth-order valence-corrected chi connectivity index (χ4v) is 4.26. The normalized spacial score (nSPS) is 29.0. The van der Waals surface area contributed by atoms with E-state index in [2.05, 4.69) is 4.85 Å². The maximum absolute atomic E-state index is 13.3. The Labute approximate surface area is 151 Å². The van der Waals surface area contributed by atoms with E-state index in [1.165, 1.54) is 6.07 Å². The fraction of sp³-hybridized carbons (Fsp3) is 0.389. The number of halogens is 3. The van der Waals surface area contributed by atoms with Crippen LogP contribution in [0.15, 0.2) is 18.2 Å². The van der Waals surface area contributed by atoms with Crippen LogP contribution in [0.1, 0.15) is 37.0 Å². The Hall–Kier alpha value is -2.70. The van der Waals surface area contributed by atoms with Crippen molar-refractivity contribution >= 4 is 5.69 Å². The number of aliphatic hydroxyl groups excluding tert-OH is 1. The topological polar surface area (TPSA) is 79.2 Å². The molecule has 3 N–H and O–H groups in total. The molecule has 27 heavy (non-hydrogen) atoms. The zero-order chi connectivity index (χ0) is 19.9. The molecule has 0 aliphatic carbocycles. The summed E-state index contributed by atoms with van der Waals surface area (Å²) < 4.78 is 46.5. The number of ether oxygens (including phenoxy) is 1. The van der Waals surface area contributed by atoms with Crippen molar-refractivity contribution in [1.82, 2.24) is 4.57 Å². The number of aliphatic hydroxyl groups is 1. The molecule has 1 saturated heterocycles. The van der Waals surface area contributed by atoms with E-state index in [0.29, 0.717) is 6.07 Å². The van der Waals surface area contributed by atoms with Crippen LogP contribution in [0.25, 0.3) is 10.5 Å². The second-order valence-electron chi connectivity index (χ2n) is 7.20. The summed E-state index contributed by atoms with van der Waals surface area (Å²) in [7, 11) is 0. The molecule has 0 amide bonds. The highest BCUT2D eigenvalue weighted by molar-refractivity contribution is 5.64. The summed E-state index contributed by atoms with van der Waals surface area (Å²) in [5.74, 6) is -0.958. The van der Waals surface area contributed by atoms with E-state index in [-0.39, 0.29) is 23.2 Å². The van der Waals surface area contributed by atoms with Gasteiger partial charge in [0.2, 0.25) is 11.8 Å². The molecule has 1 aromatic heterocycles. The SMILES string of the molecule is [C-]#[N+]c1ccc(-n2c(O)c3c(c2O)C2(C)OC3(C)C[C@@H]2O)cc1C(F)(F)F. The van der Waals surface area contributed by atoms with E-state index in [9.17, 15) is 28.5 Å². The van der Waals surface area contributed by atoms with Gasteiger partial charge in [-0.3, -0.25) is 4.57 Å². The minimum atomic E-state index is -4.77. The number of rotatable bonds is 1.